The first kappa shape index (κ1) is 13.9. The molecule has 0 bridgehead atoms. The maximum atomic E-state index is 10.5. The van der Waals surface area contributed by atoms with Gasteiger partial charge in [-0.2, -0.15) is 5.26 Å². The summed E-state index contributed by atoms with van der Waals surface area (Å²) in [6, 6.07) is 3.32. The van der Waals surface area contributed by atoms with Crippen LogP contribution in [0.5, 0.6) is 5.88 Å². The van der Waals surface area contributed by atoms with E-state index < -0.39 is 4.92 Å². The van der Waals surface area contributed by atoms with Crippen LogP contribution in [0, 0.1) is 21.4 Å². The predicted molar refractivity (Wildman–Crippen MR) is 64.2 cm³/mol. The minimum absolute atomic E-state index is 0.0637. The van der Waals surface area contributed by atoms with Gasteiger partial charge in [-0.1, -0.05) is 13.8 Å². The van der Waals surface area contributed by atoms with Crippen molar-refractivity contribution in [2.24, 2.45) is 0 Å². The molecule has 0 unspecified atom stereocenters. The smallest absolute Gasteiger partial charge is 0.289 e. The van der Waals surface area contributed by atoms with Crippen LogP contribution in [0.1, 0.15) is 19.4 Å². The second-order valence-corrected chi connectivity index (χ2v) is 3.87. The first-order valence-corrected chi connectivity index (χ1v) is 5.45. The summed E-state index contributed by atoms with van der Waals surface area (Å²) in [5, 5.41) is 22.5. The quantitative estimate of drug-likeness (QED) is 0.463. The highest BCUT2D eigenvalue weighted by atomic mass is 16.6. The number of ether oxygens (including phenoxy) is 1. The lowest BCUT2D eigenvalue weighted by Crippen LogP contribution is -2.27. The number of nitriles is 1. The van der Waals surface area contributed by atoms with Gasteiger partial charge in [-0.3, -0.25) is 10.1 Å². The Morgan fingerprint density at radius 2 is 2.39 bits per heavy atom. The van der Waals surface area contributed by atoms with Crippen molar-refractivity contribution in [2.45, 2.75) is 19.9 Å². The van der Waals surface area contributed by atoms with E-state index in [-0.39, 0.29) is 17.1 Å². The second kappa shape index (κ2) is 6.51. The minimum atomic E-state index is -0.599. The van der Waals surface area contributed by atoms with E-state index in [1.54, 1.807) is 0 Å². The van der Waals surface area contributed by atoms with Crippen LogP contribution in [0.3, 0.4) is 0 Å². The van der Waals surface area contributed by atoms with Crippen molar-refractivity contribution in [3.63, 3.8) is 0 Å². The van der Waals surface area contributed by atoms with Gasteiger partial charge in [-0.05, 0) is 0 Å². The van der Waals surface area contributed by atoms with Gasteiger partial charge in [0.15, 0.2) is 0 Å². The SMILES string of the molecule is CC(C)NCCOc1ncc([N+](=O)[O-])cc1C#N. The topological polar surface area (TPSA) is 101 Å². The average molecular weight is 250 g/mol. The van der Waals surface area contributed by atoms with Crippen molar-refractivity contribution in [2.75, 3.05) is 13.2 Å². The summed E-state index contributed by atoms with van der Waals surface area (Å²) in [6.07, 6.45) is 1.08. The van der Waals surface area contributed by atoms with Crippen LogP contribution in [-0.2, 0) is 0 Å². The van der Waals surface area contributed by atoms with Crippen LogP contribution in [0.2, 0.25) is 0 Å². The number of nitro groups is 1. The number of rotatable bonds is 6. The van der Waals surface area contributed by atoms with Crippen LogP contribution in [0.15, 0.2) is 12.3 Å². The number of nitrogens with zero attached hydrogens (tertiary/aromatic N) is 3. The van der Waals surface area contributed by atoms with Crippen molar-refractivity contribution < 1.29 is 9.66 Å². The van der Waals surface area contributed by atoms with Crippen molar-refractivity contribution in [3.05, 3.63) is 27.9 Å². The van der Waals surface area contributed by atoms with E-state index in [1.807, 2.05) is 19.9 Å². The molecule has 0 atom stereocenters. The van der Waals surface area contributed by atoms with Crippen LogP contribution in [0.25, 0.3) is 0 Å². The van der Waals surface area contributed by atoms with E-state index in [0.29, 0.717) is 19.2 Å². The minimum Gasteiger partial charge on any atom is -0.475 e. The van der Waals surface area contributed by atoms with Crippen LogP contribution in [-0.4, -0.2) is 29.1 Å². The van der Waals surface area contributed by atoms with Gasteiger partial charge in [0.05, 0.1) is 4.92 Å². The Hall–Kier alpha value is -2.20. The standard InChI is InChI=1S/C11H14N4O3/c1-8(2)13-3-4-18-11-9(6-12)5-10(7-14-11)15(16)17/h5,7-8,13H,3-4H2,1-2H3. The summed E-state index contributed by atoms with van der Waals surface area (Å²) < 4.78 is 5.29. The third-order valence-corrected chi connectivity index (χ3v) is 2.06. The lowest BCUT2D eigenvalue weighted by Gasteiger charge is -2.09. The third kappa shape index (κ3) is 3.99. The fourth-order valence-corrected chi connectivity index (χ4v) is 1.23. The summed E-state index contributed by atoms with van der Waals surface area (Å²) in [4.78, 5) is 13.7. The largest absolute Gasteiger partial charge is 0.475 e. The molecule has 0 aromatic carbocycles. The maximum Gasteiger partial charge on any atom is 0.289 e. The van der Waals surface area contributed by atoms with Gasteiger partial charge < -0.3 is 10.1 Å². The molecule has 1 N–H and O–H groups in total. The fourth-order valence-electron chi connectivity index (χ4n) is 1.23. The Balaban J connectivity index is 2.66. The zero-order valence-corrected chi connectivity index (χ0v) is 10.2. The summed E-state index contributed by atoms with van der Waals surface area (Å²) in [5.41, 5.74) is -0.159. The van der Waals surface area contributed by atoms with Crippen molar-refractivity contribution in [1.29, 1.82) is 5.26 Å². The zero-order valence-electron chi connectivity index (χ0n) is 10.2. The van der Waals surface area contributed by atoms with Gasteiger partial charge in [0.1, 0.15) is 24.4 Å². The molecule has 1 aromatic rings. The van der Waals surface area contributed by atoms with E-state index in [0.717, 1.165) is 12.3 Å². The molecule has 0 spiro atoms. The highest BCUT2D eigenvalue weighted by Gasteiger charge is 2.12. The van der Waals surface area contributed by atoms with Crippen molar-refractivity contribution in [1.82, 2.24) is 10.3 Å². The van der Waals surface area contributed by atoms with E-state index >= 15 is 0 Å². The zero-order chi connectivity index (χ0) is 13.5. The molecule has 0 aliphatic heterocycles. The summed E-state index contributed by atoms with van der Waals surface area (Å²) in [5.74, 6) is 0.119. The number of aromatic nitrogens is 1. The molecule has 0 saturated heterocycles. The van der Waals surface area contributed by atoms with E-state index in [2.05, 4.69) is 10.3 Å². The van der Waals surface area contributed by atoms with Crippen molar-refractivity contribution >= 4 is 5.69 Å². The summed E-state index contributed by atoms with van der Waals surface area (Å²) >= 11 is 0. The molecule has 0 aliphatic carbocycles. The second-order valence-electron chi connectivity index (χ2n) is 3.87. The molecule has 7 heteroatoms. The van der Waals surface area contributed by atoms with Crippen LogP contribution in [0.4, 0.5) is 5.69 Å². The Morgan fingerprint density at radius 1 is 1.67 bits per heavy atom. The number of hydrogen-bond acceptors (Lipinski definition) is 6. The Morgan fingerprint density at radius 3 is 2.94 bits per heavy atom. The highest BCUT2D eigenvalue weighted by Crippen LogP contribution is 2.19. The van der Waals surface area contributed by atoms with Gasteiger partial charge in [0.2, 0.25) is 5.88 Å². The monoisotopic (exact) mass is 250 g/mol. The molecule has 0 aliphatic rings. The molecular weight excluding hydrogens is 236 g/mol. The third-order valence-electron chi connectivity index (χ3n) is 2.06. The van der Waals surface area contributed by atoms with Gasteiger partial charge in [-0.25, -0.2) is 4.98 Å². The van der Waals surface area contributed by atoms with Gasteiger partial charge in [0, 0.05) is 18.7 Å². The molecule has 0 amide bonds. The molecule has 1 aromatic heterocycles. The van der Waals surface area contributed by atoms with Gasteiger partial charge in [0.25, 0.3) is 5.69 Å². The predicted octanol–water partition coefficient (Wildman–Crippen LogP) is 1.24. The van der Waals surface area contributed by atoms with E-state index in [4.69, 9.17) is 10.00 Å². The van der Waals surface area contributed by atoms with Crippen LogP contribution < -0.4 is 10.1 Å². The molecule has 1 heterocycles. The van der Waals surface area contributed by atoms with Gasteiger partial charge >= 0.3 is 0 Å². The van der Waals surface area contributed by atoms with Gasteiger partial charge in [-0.15, -0.1) is 0 Å². The normalized spacial score (nSPS) is 10.1. The number of hydrogen-bond donors (Lipinski definition) is 1. The van der Waals surface area contributed by atoms with Crippen LogP contribution >= 0.6 is 0 Å². The molecule has 18 heavy (non-hydrogen) atoms. The number of pyridine rings is 1. The Kier molecular flexibility index (Phi) is 5.02. The van der Waals surface area contributed by atoms with Crippen molar-refractivity contribution in [3.8, 4) is 11.9 Å². The average Bonchev–Trinajstić information content (AvgIpc) is 2.34. The molecule has 7 nitrogen and oxygen atoms in total. The lowest BCUT2D eigenvalue weighted by molar-refractivity contribution is -0.385. The molecule has 0 radical (unpaired) electrons. The molecule has 96 valence electrons. The first-order chi connectivity index (χ1) is 8.54. The van der Waals surface area contributed by atoms with E-state index in [9.17, 15) is 10.1 Å². The maximum absolute atomic E-state index is 10.5. The molecule has 0 saturated carbocycles. The fraction of sp³-hybridized carbons (Fsp3) is 0.455. The molecular formula is C11H14N4O3. The number of nitrogens with one attached hydrogen (secondary N) is 1. The summed E-state index contributed by atoms with van der Waals surface area (Å²) in [7, 11) is 0. The highest BCUT2D eigenvalue weighted by molar-refractivity contribution is 5.44. The first-order valence-electron chi connectivity index (χ1n) is 5.45. The lowest BCUT2D eigenvalue weighted by atomic mass is 10.3. The summed E-state index contributed by atoms with van der Waals surface area (Å²) in [6.45, 7) is 4.97. The molecule has 1 rings (SSSR count). The van der Waals surface area contributed by atoms with E-state index in [1.165, 1.54) is 0 Å². The Labute approximate surface area is 105 Å². The molecule has 0 fully saturated rings. The Bertz CT molecular complexity index is 468.